The summed E-state index contributed by atoms with van der Waals surface area (Å²) in [7, 11) is 1.62. The molecule has 118 valence electrons. The zero-order chi connectivity index (χ0) is 15.7. The zero-order valence-corrected chi connectivity index (χ0v) is 12.4. The highest BCUT2D eigenvalue weighted by Gasteiger charge is 2.34. The number of anilines is 1. The van der Waals surface area contributed by atoms with E-state index in [-0.39, 0.29) is 12.6 Å². The Kier molecular flexibility index (Phi) is 3.66. The molecule has 0 bridgehead atoms. The number of aliphatic hydroxyl groups is 1. The van der Waals surface area contributed by atoms with Gasteiger partial charge in [-0.3, -0.25) is 4.57 Å². The minimum Gasteiger partial charge on any atom is -0.408 e. The molecule has 2 amide bonds. The smallest absolute Gasteiger partial charge is 0.408 e. The second-order valence-corrected chi connectivity index (χ2v) is 5.83. The standard InChI is InChI=1S/C15H19N3O4/c1-18-11-5-4-10(8-12(11)22-14(18)21)16-13(20)17-15(9-19)6-2-3-7-15/h4-5,8,19H,2-3,6-7,9H2,1H3,(H2,16,17,20). The predicted molar refractivity (Wildman–Crippen MR) is 81.9 cm³/mol. The summed E-state index contributed by atoms with van der Waals surface area (Å²) < 4.78 is 6.49. The highest BCUT2D eigenvalue weighted by molar-refractivity contribution is 5.92. The molecule has 0 aliphatic heterocycles. The van der Waals surface area contributed by atoms with Crippen molar-refractivity contribution >= 4 is 22.8 Å². The molecule has 1 heterocycles. The van der Waals surface area contributed by atoms with Crippen LogP contribution >= 0.6 is 0 Å². The van der Waals surface area contributed by atoms with Crippen molar-refractivity contribution in [2.24, 2.45) is 7.05 Å². The van der Waals surface area contributed by atoms with Crippen LogP contribution < -0.4 is 16.4 Å². The van der Waals surface area contributed by atoms with E-state index < -0.39 is 11.3 Å². The number of benzene rings is 1. The van der Waals surface area contributed by atoms with Crippen LogP contribution in [0.4, 0.5) is 10.5 Å². The molecular formula is C15H19N3O4. The number of oxazole rings is 1. The van der Waals surface area contributed by atoms with Gasteiger partial charge in [0.2, 0.25) is 0 Å². The molecule has 1 aromatic carbocycles. The van der Waals surface area contributed by atoms with Crippen LogP contribution in [0, 0.1) is 0 Å². The molecule has 1 saturated carbocycles. The number of hydrogen-bond acceptors (Lipinski definition) is 4. The largest absolute Gasteiger partial charge is 0.419 e. The van der Waals surface area contributed by atoms with Gasteiger partial charge in [-0.05, 0) is 25.0 Å². The number of carbonyl (C=O) groups is 1. The first-order valence-corrected chi connectivity index (χ1v) is 7.33. The maximum atomic E-state index is 12.1. The second-order valence-electron chi connectivity index (χ2n) is 5.83. The van der Waals surface area contributed by atoms with Crippen LogP contribution in [0.25, 0.3) is 11.1 Å². The lowest BCUT2D eigenvalue weighted by molar-refractivity contribution is 0.167. The van der Waals surface area contributed by atoms with Crippen LogP contribution in [0.5, 0.6) is 0 Å². The van der Waals surface area contributed by atoms with E-state index in [1.54, 1.807) is 25.2 Å². The van der Waals surface area contributed by atoms with Crippen molar-refractivity contribution in [3.63, 3.8) is 0 Å². The maximum Gasteiger partial charge on any atom is 0.419 e. The van der Waals surface area contributed by atoms with Crippen molar-refractivity contribution < 1.29 is 14.3 Å². The van der Waals surface area contributed by atoms with Gasteiger partial charge >= 0.3 is 11.8 Å². The second kappa shape index (κ2) is 5.49. The van der Waals surface area contributed by atoms with Crippen molar-refractivity contribution in [1.29, 1.82) is 0 Å². The Labute approximate surface area is 126 Å². The van der Waals surface area contributed by atoms with Gasteiger partial charge in [-0.2, -0.15) is 0 Å². The first-order chi connectivity index (χ1) is 10.5. The van der Waals surface area contributed by atoms with E-state index in [1.165, 1.54) is 4.57 Å². The Morgan fingerprint density at radius 2 is 2.14 bits per heavy atom. The first-order valence-electron chi connectivity index (χ1n) is 7.33. The summed E-state index contributed by atoms with van der Waals surface area (Å²) in [5.74, 6) is -0.443. The fourth-order valence-corrected chi connectivity index (χ4v) is 2.99. The first kappa shape index (κ1) is 14.6. The average molecular weight is 305 g/mol. The highest BCUT2D eigenvalue weighted by atomic mass is 16.4. The fraction of sp³-hybridized carbons (Fsp3) is 0.467. The van der Waals surface area contributed by atoms with Gasteiger partial charge in [0.1, 0.15) is 0 Å². The fourth-order valence-electron chi connectivity index (χ4n) is 2.99. The number of nitrogens with zero attached hydrogens (tertiary/aromatic N) is 1. The summed E-state index contributed by atoms with van der Waals surface area (Å²) in [6, 6.07) is 4.66. The Morgan fingerprint density at radius 1 is 1.41 bits per heavy atom. The summed E-state index contributed by atoms with van der Waals surface area (Å²) in [6.45, 7) is -0.0625. The number of aliphatic hydroxyl groups excluding tert-OH is 1. The van der Waals surface area contributed by atoms with Crippen molar-refractivity contribution in [2.45, 2.75) is 31.2 Å². The summed E-state index contributed by atoms with van der Waals surface area (Å²) in [5, 5.41) is 15.1. The molecule has 1 aliphatic carbocycles. The molecule has 22 heavy (non-hydrogen) atoms. The molecule has 3 rings (SSSR count). The molecule has 0 atom stereocenters. The SMILES string of the molecule is Cn1c(=O)oc2cc(NC(=O)NC3(CO)CCCC3)ccc21. The number of rotatable bonds is 3. The van der Waals surface area contributed by atoms with Gasteiger partial charge in [-0.15, -0.1) is 0 Å². The number of carbonyl (C=O) groups excluding carboxylic acids is 1. The minimum absolute atomic E-state index is 0.0625. The molecule has 0 radical (unpaired) electrons. The van der Waals surface area contributed by atoms with Crippen LogP contribution in [0.1, 0.15) is 25.7 Å². The predicted octanol–water partition coefficient (Wildman–Crippen LogP) is 1.56. The van der Waals surface area contributed by atoms with Gasteiger partial charge in [-0.1, -0.05) is 12.8 Å². The van der Waals surface area contributed by atoms with E-state index in [0.29, 0.717) is 16.8 Å². The van der Waals surface area contributed by atoms with Crippen molar-refractivity contribution in [2.75, 3.05) is 11.9 Å². The van der Waals surface area contributed by atoms with Crippen molar-refractivity contribution in [3.05, 3.63) is 28.7 Å². The normalized spacial score (nSPS) is 16.8. The maximum absolute atomic E-state index is 12.1. The molecule has 2 aromatic rings. The van der Waals surface area contributed by atoms with E-state index in [4.69, 9.17) is 4.42 Å². The Hall–Kier alpha value is -2.28. The van der Waals surface area contributed by atoms with Gasteiger partial charge in [0.05, 0.1) is 17.7 Å². The number of urea groups is 1. The molecule has 7 heteroatoms. The van der Waals surface area contributed by atoms with Gasteiger partial charge < -0.3 is 20.2 Å². The Bertz CT molecular complexity index is 756. The summed E-state index contributed by atoms with van der Waals surface area (Å²) >= 11 is 0. The highest BCUT2D eigenvalue weighted by Crippen LogP contribution is 2.29. The van der Waals surface area contributed by atoms with E-state index in [9.17, 15) is 14.7 Å². The monoisotopic (exact) mass is 305 g/mol. The van der Waals surface area contributed by atoms with E-state index >= 15 is 0 Å². The number of amides is 2. The third kappa shape index (κ3) is 2.59. The molecule has 1 aliphatic rings. The lowest BCUT2D eigenvalue weighted by Gasteiger charge is -2.27. The van der Waals surface area contributed by atoms with Crippen LogP contribution in [-0.2, 0) is 7.05 Å². The van der Waals surface area contributed by atoms with Gasteiger partial charge in [0.25, 0.3) is 0 Å². The Balaban J connectivity index is 1.75. The Morgan fingerprint density at radius 3 is 2.82 bits per heavy atom. The third-order valence-electron chi connectivity index (χ3n) is 4.29. The number of nitrogens with one attached hydrogen (secondary N) is 2. The summed E-state index contributed by atoms with van der Waals surface area (Å²) in [5.41, 5.74) is 1.10. The lowest BCUT2D eigenvalue weighted by atomic mass is 9.99. The topological polar surface area (TPSA) is 96.5 Å². The number of aromatic nitrogens is 1. The molecule has 7 nitrogen and oxygen atoms in total. The van der Waals surface area contributed by atoms with Gasteiger partial charge in [-0.25, -0.2) is 9.59 Å². The molecular weight excluding hydrogens is 286 g/mol. The third-order valence-corrected chi connectivity index (χ3v) is 4.29. The minimum atomic E-state index is -0.520. The number of fused-ring (bicyclic) bond motifs is 1. The zero-order valence-electron chi connectivity index (χ0n) is 12.4. The molecule has 3 N–H and O–H groups in total. The van der Waals surface area contributed by atoms with Crippen LogP contribution in [0.15, 0.2) is 27.4 Å². The van der Waals surface area contributed by atoms with Crippen molar-refractivity contribution in [3.8, 4) is 0 Å². The summed E-state index contributed by atoms with van der Waals surface area (Å²) in [4.78, 5) is 23.6. The molecule has 0 unspecified atom stereocenters. The van der Waals surface area contributed by atoms with E-state index in [0.717, 1.165) is 25.7 Å². The number of aryl methyl sites for hydroxylation is 1. The lowest BCUT2D eigenvalue weighted by Crippen LogP contribution is -2.50. The average Bonchev–Trinajstić information content (AvgIpc) is 3.05. The quantitative estimate of drug-likeness (QED) is 0.801. The van der Waals surface area contributed by atoms with Gasteiger partial charge in [0.15, 0.2) is 5.58 Å². The number of hydrogen-bond donors (Lipinski definition) is 3. The molecule has 1 fully saturated rings. The molecule has 0 saturated heterocycles. The van der Waals surface area contributed by atoms with Gasteiger partial charge in [0, 0.05) is 18.8 Å². The van der Waals surface area contributed by atoms with E-state index in [1.807, 2.05) is 0 Å². The molecule has 0 spiro atoms. The summed E-state index contributed by atoms with van der Waals surface area (Å²) in [6.07, 6.45) is 3.57. The van der Waals surface area contributed by atoms with Crippen LogP contribution in [0.2, 0.25) is 0 Å². The molecule has 1 aromatic heterocycles. The van der Waals surface area contributed by atoms with Crippen LogP contribution in [-0.4, -0.2) is 27.9 Å². The van der Waals surface area contributed by atoms with Crippen LogP contribution in [0.3, 0.4) is 0 Å². The van der Waals surface area contributed by atoms with Crippen molar-refractivity contribution in [1.82, 2.24) is 9.88 Å². The van der Waals surface area contributed by atoms with E-state index in [2.05, 4.69) is 10.6 Å².